The van der Waals surface area contributed by atoms with Crippen LogP contribution in [0.15, 0.2) is 18.2 Å². The summed E-state index contributed by atoms with van der Waals surface area (Å²) in [5.74, 6) is -0.246. The van der Waals surface area contributed by atoms with Gasteiger partial charge in [-0.05, 0) is 68.0 Å². The summed E-state index contributed by atoms with van der Waals surface area (Å²) in [4.78, 5) is 13.6. The number of hydrogen-bond donors (Lipinski definition) is 0. The molecule has 1 aromatic rings. The van der Waals surface area contributed by atoms with Gasteiger partial charge in [-0.25, -0.2) is 9.18 Å². The van der Waals surface area contributed by atoms with Crippen molar-refractivity contribution >= 4 is 28.7 Å². The molecular formula is C14H19FINO2. The number of halogens is 2. The van der Waals surface area contributed by atoms with Crippen molar-refractivity contribution in [3.63, 3.8) is 0 Å². The van der Waals surface area contributed by atoms with E-state index in [-0.39, 0.29) is 11.9 Å². The Morgan fingerprint density at radius 2 is 2.05 bits per heavy atom. The van der Waals surface area contributed by atoms with Crippen LogP contribution in [0.3, 0.4) is 0 Å². The van der Waals surface area contributed by atoms with Crippen LogP contribution in [0.5, 0.6) is 0 Å². The number of nitrogens with zero attached hydrogens (tertiary/aromatic N) is 1. The third kappa shape index (κ3) is 5.34. The van der Waals surface area contributed by atoms with Gasteiger partial charge in [0.2, 0.25) is 0 Å². The minimum absolute atomic E-state index is 0.246. The van der Waals surface area contributed by atoms with Crippen molar-refractivity contribution in [2.24, 2.45) is 0 Å². The molecule has 0 unspecified atom stereocenters. The fraction of sp³-hybridized carbons (Fsp3) is 0.500. The Morgan fingerprint density at radius 3 is 2.53 bits per heavy atom. The van der Waals surface area contributed by atoms with E-state index in [4.69, 9.17) is 4.74 Å². The number of rotatable bonds is 3. The molecule has 1 amide bonds. The first-order valence-electron chi connectivity index (χ1n) is 6.15. The predicted octanol–water partition coefficient (Wildman–Crippen LogP) is 4.19. The van der Waals surface area contributed by atoms with Crippen LogP contribution in [0.2, 0.25) is 0 Å². The molecule has 0 aliphatic heterocycles. The minimum atomic E-state index is -0.512. The van der Waals surface area contributed by atoms with Crippen LogP contribution in [-0.2, 0) is 11.3 Å². The molecule has 0 radical (unpaired) electrons. The Bertz CT molecular complexity index is 457. The minimum Gasteiger partial charge on any atom is -0.444 e. The molecule has 19 heavy (non-hydrogen) atoms. The van der Waals surface area contributed by atoms with E-state index < -0.39 is 5.60 Å². The van der Waals surface area contributed by atoms with Crippen LogP contribution in [0.25, 0.3) is 0 Å². The molecular weight excluding hydrogens is 360 g/mol. The SMILES string of the molecule is CCN(Cc1ccc(F)c(I)c1)C(=O)OC(C)(C)C. The highest BCUT2D eigenvalue weighted by Crippen LogP contribution is 2.16. The Morgan fingerprint density at radius 1 is 1.42 bits per heavy atom. The van der Waals surface area contributed by atoms with Crippen LogP contribution in [0.4, 0.5) is 9.18 Å². The average molecular weight is 379 g/mol. The molecule has 0 heterocycles. The van der Waals surface area contributed by atoms with E-state index in [1.165, 1.54) is 6.07 Å². The Kier molecular flexibility index (Phi) is 5.58. The molecule has 0 aliphatic rings. The molecule has 0 aliphatic carbocycles. The van der Waals surface area contributed by atoms with Gasteiger partial charge in [-0.1, -0.05) is 6.07 Å². The summed E-state index contributed by atoms with van der Waals surface area (Å²) < 4.78 is 19.1. The van der Waals surface area contributed by atoms with Gasteiger partial charge < -0.3 is 9.64 Å². The fourth-order valence-electron chi connectivity index (χ4n) is 1.49. The van der Waals surface area contributed by atoms with Gasteiger partial charge in [0.25, 0.3) is 0 Å². The molecule has 0 spiro atoms. The van der Waals surface area contributed by atoms with Gasteiger partial charge in [-0.15, -0.1) is 0 Å². The zero-order valence-electron chi connectivity index (χ0n) is 11.7. The number of carbonyl (C=O) groups excluding carboxylic acids is 1. The smallest absolute Gasteiger partial charge is 0.410 e. The second-order valence-corrected chi connectivity index (χ2v) is 6.41. The largest absolute Gasteiger partial charge is 0.444 e. The molecule has 0 aromatic heterocycles. The van der Waals surface area contributed by atoms with Crippen molar-refractivity contribution in [1.29, 1.82) is 0 Å². The lowest BCUT2D eigenvalue weighted by Crippen LogP contribution is -2.36. The second-order valence-electron chi connectivity index (χ2n) is 5.24. The van der Waals surface area contributed by atoms with Crippen molar-refractivity contribution in [3.05, 3.63) is 33.1 Å². The fourth-order valence-corrected chi connectivity index (χ4v) is 2.07. The molecule has 5 heteroatoms. The van der Waals surface area contributed by atoms with Gasteiger partial charge in [0.15, 0.2) is 0 Å². The molecule has 1 rings (SSSR count). The van der Waals surface area contributed by atoms with Crippen LogP contribution in [0, 0.1) is 9.39 Å². The maximum Gasteiger partial charge on any atom is 0.410 e. The van der Waals surface area contributed by atoms with E-state index in [1.807, 2.05) is 50.3 Å². The molecule has 0 fully saturated rings. The normalized spacial score (nSPS) is 11.3. The summed E-state index contributed by atoms with van der Waals surface area (Å²) in [6, 6.07) is 4.84. The van der Waals surface area contributed by atoms with Gasteiger partial charge in [-0.3, -0.25) is 0 Å². The van der Waals surface area contributed by atoms with E-state index in [0.717, 1.165) is 5.56 Å². The van der Waals surface area contributed by atoms with Gasteiger partial charge in [0, 0.05) is 16.7 Å². The molecule has 0 N–H and O–H groups in total. The topological polar surface area (TPSA) is 29.5 Å². The van der Waals surface area contributed by atoms with Crippen molar-refractivity contribution in [2.45, 2.75) is 39.8 Å². The summed E-state index contributed by atoms with van der Waals surface area (Å²) in [6.45, 7) is 8.35. The van der Waals surface area contributed by atoms with Gasteiger partial charge in [0.05, 0.1) is 0 Å². The van der Waals surface area contributed by atoms with E-state index in [1.54, 1.807) is 17.0 Å². The van der Waals surface area contributed by atoms with E-state index >= 15 is 0 Å². The molecule has 0 saturated heterocycles. The molecule has 3 nitrogen and oxygen atoms in total. The van der Waals surface area contributed by atoms with Crippen molar-refractivity contribution in [2.75, 3.05) is 6.54 Å². The molecule has 0 atom stereocenters. The highest BCUT2D eigenvalue weighted by atomic mass is 127. The van der Waals surface area contributed by atoms with E-state index in [0.29, 0.717) is 16.7 Å². The van der Waals surface area contributed by atoms with E-state index in [9.17, 15) is 9.18 Å². The third-order valence-electron chi connectivity index (χ3n) is 2.39. The summed E-state index contributed by atoms with van der Waals surface area (Å²) in [7, 11) is 0. The molecule has 1 aromatic carbocycles. The quantitative estimate of drug-likeness (QED) is 0.738. The van der Waals surface area contributed by atoms with Crippen LogP contribution in [-0.4, -0.2) is 23.1 Å². The standard InChI is InChI=1S/C14H19FINO2/c1-5-17(13(18)19-14(2,3)4)9-10-6-7-11(15)12(16)8-10/h6-8H,5,9H2,1-4H3. The first kappa shape index (κ1) is 16.2. The Balaban J connectivity index is 2.76. The van der Waals surface area contributed by atoms with Crippen LogP contribution >= 0.6 is 22.6 Å². The lowest BCUT2D eigenvalue weighted by atomic mass is 10.2. The number of ether oxygens (including phenoxy) is 1. The average Bonchev–Trinajstić information content (AvgIpc) is 2.28. The predicted molar refractivity (Wildman–Crippen MR) is 81.4 cm³/mol. The van der Waals surface area contributed by atoms with Crippen molar-refractivity contribution in [3.8, 4) is 0 Å². The summed E-state index contributed by atoms with van der Waals surface area (Å²) >= 11 is 1.94. The Labute approximate surface area is 127 Å². The third-order valence-corrected chi connectivity index (χ3v) is 3.22. The van der Waals surface area contributed by atoms with Gasteiger partial charge in [0.1, 0.15) is 11.4 Å². The first-order chi connectivity index (χ1) is 8.73. The number of carbonyl (C=O) groups is 1. The monoisotopic (exact) mass is 379 g/mol. The summed E-state index contributed by atoms with van der Waals surface area (Å²) in [5.41, 5.74) is 0.375. The second kappa shape index (κ2) is 6.54. The maximum atomic E-state index is 13.2. The van der Waals surface area contributed by atoms with E-state index in [2.05, 4.69) is 0 Å². The summed E-state index contributed by atoms with van der Waals surface area (Å²) in [6.07, 6.45) is -0.352. The molecule has 106 valence electrons. The Hall–Kier alpha value is -0.850. The molecule has 0 saturated carbocycles. The van der Waals surface area contributed by atoms with Gasteiger partial charge in [-0.2, -0.15) is 0 Å². The zero-order valence-corrected chi connectivity index (χ0v) is 13.8. The zero-order chi connectivity index (χ0) is 14.6. The first-order valence-corrected chi connectivity index (χ1v) is 7.22. The molecule has 0 bridgehead atoms. The lowest BCUT2D eigenvalue weighted by Gasteiger charge is -2.26. The number of hydrogen-bond acceptors (Lipinski definition) is 2. The maximum absolute atomic E-state index is 13.2. The van der Waals surface area contributed by atoms with Crippen LogP contribution < -0.4 is 0 Å². The van der Waals surface area contributed by atoms with Crippen LogP contribution in [0.1, 0.15) is 33.3 Å². The number of benzene rings is 1. The lowest BCUT2D eigenvalue weighted by molar-refractivity contribution is 0.0244. The highest BCUT2D eigenvalue weighted by Gasteiger charge is 2.21. The number of amides is 1. The van der Waals surface area contributed by atoms with Gasteiger partial charge >= 0.3 is 6.09 Å². The van der Waals surface area contributed by atoms with Crippen molar-refractivity contribution in [1.82, 2.24) is 4.90 Å². The summed E-state index contributed by atoms with van der Waals surface area (Å²) in [5, 5.41) is 0. The highest BCUT2D eigenvalue weighted by molar-refractivity contribution is 14.1. The van der Waals surface area contributed by atoms with Crippen molar-refractivity contribution < 1.29 is 13.9 Å².